The molecule has 78 valence electrons. The molecule has 14 heavy (non-hydrogen) atoms. The number of carbonyl (C=O) groups excluding carboxylic acids is 1. The highest BCUT2D eigenvalue weighted by molar-refractivity contribution is 7.11. The second-order valence-electron chi connectivity index (χ2n) is 3.20. The van der Waals surface area contributed by atoms with Crippen LogP contribution >= 0.6 is 11.3 Å². The summed E-state index contributed by atoms with van der Waals surface area (Å²) in [5, 5.41) is 12.5. The van der Waals surface area contributed by atoms with E-state index in [1.807, 2.05) is 13.8 Å². The van der Waals surface area contributed by atoms with Crippen LogP contribution in [0.3, 0.4) is 0 Å². The van der Waals surface area contributed by atoms with Gasteiger partial charge >= 0.3 is 0 Å². The van der Waals surface area contributed by atoms with Crippen LogP contribution in [0.4, 0.5) is 0 Å². The number of aliphatic hydroxyl groups is 1. The monoisotopic (exact) mass is 214 g/mol. The van der Waals surface area contributed by atoms with Crippen LogP contribution in [0.15, 0.2) is 0 Å². The largest absolute Gasteiger partial charge is 0.392 e. The zero-order chi connectivity index (χ0) is 10.7. The van der Waals surface area contributed by atoms with Gasteiger partial charge in [-0.05, 0) is 20.8 Å². The van der Waals surface area contributed by atoms with Crippen molar-refractivity contribution in [3.05, 3.63) is 15.6 Å². The summed E-state index contributed by atoms with van der Waals surface area (Å²) in [6.07, 6.45) is -0.529. The van der Waals surface area contributed by atoms with E-state index in [0.29, 0.717) is 5.69 Å². The standard InChI is InChI=1S/C9H14N2O2S/c1-5(12)4-10-9(13)8-6(2)14-7(3)11-8/h5,12H,4H2,1-3H3,(H,10,13). The van der Waals surface area contributed by atoms with Crippen LogP contribution in [-0.4, -0.2) is 28.6 Å². The second kappa shape index (κ2) is 4.52. The highest BCUT2D eigenvalue weighted by atomic mass is 32.1. The van der Waals surface area contributed by atoms with Crippen LogP contribution < -0.4 is 5.32 Å². The van der Waals surface area contributed by atoms with E-state index in [9.17, 15) is 4.79 Å². The number of hydrogen-bond donors (Lipinski definition) is 2. The quantitative estimate of drug-likeness (QED) is 0.785. The molecule has 1 heterocycles. The molecule has 5 heteroatoms. The summed E-state index contributed by atoms with van der Waals surface area (Å²) in [5.41, 5.74) is 0.466. The molecule has 0 aliphatic heterocycles. The predicted octanol–water partition coefficient (Wildman–Crippen LogP) is 0.871. The molecular formula is C9H14N2O2S. The molecule has 0 saturated heterocycles. The predicted molar refractivity (Wildman–Crippen MR) is 55.6 cm³/mol. The molecule has 1 unspecified atom stereocenters. The maximum atomic E-state index is 11.5. The van der Waals surface area contributed by atoms with Crippen molar-refractivity contribution in [1.82, 2.24) is 10.3 Å². The number of rotatable bonds is 3. The fourth-order valence-corrected chi connectivity index (χ4v) is 1.88. The molecule has 1 aromatic heterocycles. The first-order chi connectivity index (χ1) is 6.50. The molecule has 0 radical (unpaired) electrons. The number of aryl methyl sites for hydroxylation is 2. The lowest BCUT2D eigenvalue weighted by Crippen LogP contribution is -2.31. The minimum Gasteiger partial charge on any atom is -0.392 e. The van der Waals surface area contributed by atoms with Crippen molar-refractivity contribution in [3.63, 3.8) is 0 Å². The number of nitrogens with one attached hydrogen (secondary N) is 1. The van der Waals surface area contributed by atoms with Crippen molar-refractivity contribution >= 4 is 17.2 Å². The third-order valence-electron chi connectivity index (χ3n) is 1.68. The summed E-state index contributed by atoms with van der Waals surface area (Å²) in [6.45, 7) is 5.61. The molecule has 0 aromatic carbocycles. The number of thiazole rings is 1. The Morgan fingerprint density at radius 3 is 2.71 bits per heavy atom. The lowest BCUT2D eigenvalue weighted by molar-refractivity contribution is 0.0919. The van der Waals surface area contributed by atoms with Crippen molar-refractivity contribution in [2.75, 3.05) is 6.54 Å². The lowest BCUT2D eigenvalue weighted by atomic mass is 10.3. The van der Waals surface area contributed by atoms with Crippen LogP contribution in [-0.2, 0) is 0 Å². The van der Waals surface area contributed by atoms with Crippen molar-refractivity contribution in [1.29, 1.82) is 0 Å². The summed E-state index contributed by atoms with van der Waals surface area (Å²) in [6, 6.07) is 0. The Morgan fingerprint density at radius 1 is 1.64 bits per heavy atom. The highest BCUT2D eigenvalue weighted by Crippen LogP contribution is 2.15. The Labute approximate surface area is 87.0 Å². The summed E-state index contributed by atoms with van der Waals surface area (Å²) >= 11 is 1.50. The van der Waals surface area contributed by atoms with Gasteiger partial charge in [0.25, 0.3) is 5.91 Å². The van der Waals surface area contributed by atoms with Gasteiger partial charge in [-0.3, -0.25) is 4.79 Å². The average molecular weight is 214 g/mol. The van der Waals surface area contributed by atoms with Gasteiger partial charge in [-0.25, -0.2) is 4.98 Å². The van der Waals surface area contributed by atoms with E-state index < -0.39 is 6.10 Å². The zero-order valence-corrected chi connectivity index (χ0v) is 9.31. The van der Waals surface area contributed by atoms with Crippen molar-refractivity contribution in [3.8, 4) is 0 Å². The average Bonchev–Trinajstić information content (AvgIpc) is 2.41. The van der Waals surface area contributed by atoms with Crippen LogP contribution in [0, 0.1) is 13.8 Å². The van der Waals surface area contributed by atoms with Gasteiger partial charge in [0.1, 0.15) is 5.69 Å². The van der Waals surface area contributed by atoms with Gasteiger partial charge in [0.2, 0.25) is 0 Å². The molecule has 1 atom stereocenters. The molecule has 2 N–H and O–H groups in total. The molecule has 0 aliphatic rings. The van der Waals surface area contributed by atoms with Gasteiger partial charge in [0.15, 0.2) is 0 Å². The smallest absolute Gasteiger partial charge is 0.271 e. The normalized spacial score (nSPS) is 12.6. The number of aliphatic hydroxyl groups excluding tert-OH is 1. The maximum absolute atomic E-state index is 11.5. The Hall–Kier alpha value is -0.940. The van der Waals surface area contributed by atoms with Crippen LogP contribution in [0.25, 0.3) is 0 Å². The first-order valence-electron chi connectivity index (χ1n) is 4.41. The van der Waals surface area contributed by atoms with E-state index in [0.717, 1.165) is 9.88 Å². The first-order valence-corrected chi connectivity index (χ1v) is 5.22. The summed E-state index contributed by atoms with van der Waals surface area (Å²) in [7, 11) is 0. The van der Waals surface area contributed by atoms with Gasteiger partial charge < -0.3 is 10.4 Å². The van der Waals surface area contributed by atoms with Crippen molar-refractivity contribution < 1.29 is 9.90 Å². The van der Waals surface area contributed by atoms with E-state index in [4.69, 9.17) is 5.11 Å². The maximum Gasteiger partial charge on any atom is 0.271 e. The van der Waals surface area contributed by atoms with Gasteiger partial charge in [-0.2, -0.15) is 0 Å². The molecule has 4 nitrogen and oxygen atoms in total. The molecule has 1 aromatic rings. The fraction of sp³-hybridized carbons (Fsp3) is 0.556. The summed E-state index contributed by atoms with van der Waals surface area (Å²) in [4.78, 5) is 16.5. The van der Waals surface area contributed by atoms with Crippen LogP contribution in [0.1, 0.15) is 27.3 Å². The molecule has 0 fully saturated rings. The van der Waals surface area contributed by atoms with Gasteiger partial charge in [-0.15, -0.1) is 11.3 Å². The van der Waals surface area contributed by atoms with Gasteiger partial charge in [0.05, 0.1) is 11.1 Å². The molecule has 0 bridgehead atoms. The van der Waals surface area contributed by atoms with Crippen molar-refractivity contribution in [2.45, 2.75) is 26.9 Å². The topological polar surface area (TPSA) is 62.2 Å². The van der Waals surface area contributed by atoms with Crippen LogP contribution in [0.5, 0.6) is 0 Å². The number of hydrogen-bond acceptors (Lipinski definition) is 4. The van der Waals surface area contributed by atoms with E-state index in [1.54, 1.807) is 6.92 Å². The molecule has 1 rings (SSSR count). The van der Waals surface area contributed by atoms with E-state index >= 15 is 0 Å². The lowest BCUT2D eigenvalue weighted by Gasteiger charge is -2.05. The Bertz CT molecular complexity index is 334. The molecule has 0 aliphatic carbocycles. The number of nitrogens with zero attached hydrogens (tertiary/aromatic N) is 1. The second-order valence-corrected chi connectivity index (χ2v) is 4.60. The zero-order valence-electron chi connectivity index (χ0n) is 8.50. The number of carbonyl (C=O) groups is 1. The van der Waals surface area contributed by atoms with Crippen LogP contribution in [0.2, 0.25) is 0 Å². The Morgan fingerprint density at radius 2 is 2.29 bits per heavy atom. The molecule has 0 spiro atoms. The van der Waals surface area contributed by atoms with E-state index in [2.05, 4.69) is 10.3 Å². The highest BCUT2D eigenvalue weighted by Gasteiger charge is 2.13. The summed E-state index contributed by atoms with van der Waals surface area (Å²) in [5.74, 6) is -0.215. The summed E-state index contributed by atoms with van der Waals surface area (Å²) < 4.78 is 0. The number of amides is 1. The third-order valence-corrected chi connectivity index (χ3v) is 2.56. The van der Waals surface area contributed by atoms with E-state index in [1.165, 1.54) is 11.3 Å². The minimum atomic E-state index is -0.529. The number of aromatic nitrogens is 1. The third kappa shape index (κ3) is 2.78. The first kappa shape index (κ1) is 11.1. The Balaban J connectivity index is 2.65. The molecule has 1 amide bonds. The van der Waals surface area contributed by atoms with E-state index in [-0.39, 0.29) is 12.5 Å². The molecular weight excluding hydrogens is 200 g/mol. The SMILES string of the molecule is Cc1nc(C(=O)NCC(C)O)c(C)s1. The molecule has 0 saturated carbocycles. The van der Waals surface area contributed by atoms with Crippen molar-refractivity contribution in [2.24, 2.45) is 0 Å². The fourth-order valence-electron chi connectivity index (χ4n) is 1.06. The Kier molecular flexibility index (Phi) is 3.60. The van der Waals surface area contributed by atoms with Gasteiger partial charge in [-0.1, -0.05) is 0 Å². The van der Waals surface area contributed by atoms with Gasteiger partial charge in [0, 0.05) is 11.4 Å². The minimum absolute atomic E-state index is 0.215.